The molecule has 0 atom stereocenters. The maximum absolute atomic E-state index is 6.31. The van der Waals surface area contributed by atoms with Crippen molar-refractivity contribution in [3.05, 3.63) is 41.2 Å². The molecule has 0 aliphatic heterocycles. The molecule has 0 aliphatic rings. The lowest BCUT2D eigenvalue weighted by Gasteiger charge is -2.10. The van der Waals surface area contributed by atoms with Crippen molar-refractivity contribution < 1.29 is 0 Å². The van der Waals surface area contributed by atoms with Crippen LogP contribution in [0.2, 0.25) is 5.02 Å². The van der Waals surface area contributed by atoms with Crippen molar-refractivity contribution in [3.63, 3.8) is 0 Å². The van der Waals surface area contributed by atoms with Crippen LogP contribution in [0.5, 0.6) is 0 Å². The average molecular weight is 206 g/mol. The zero-order chi connectivity index (χ0) is 10.1. The fourth-order valence-corrected chi connectivity index (χ4v) is 2.05. The second kappa shape index (κ2) is 3.58. The quantitative estimate of drug-likeness (QED) is 0.686. The van der Waals surface area contributed by atoms with Gasteiger partial charge in [-0.25, -0.2) is 0 Å². The van der Waals surface area contributed by atoms with E-state index in [1.165, 1.54) is 5.56 Å². The molecule has 1 nitrogen and oxygen atoms in total. The number of nitrogens with zero attached hydrogens (tertiary/aromatic N) is 1. The zero-order valence-corrected chi connectivity index (χ0v) is 9.05. The average Bonchev–Trinajstić information content (AvgIpc) is 2.18. The van der Waals surface area contributed by atoms with Gasteiger partial charge in [0, 0.05) is 23.2 Å². The van der Waals surface area contributed by atoms with Crippen LogP contribution in [0.3, 0.4) is 0 Å². The van der Waals surface area contributed by atoms with E-state index in [0.717, 1.165) is 15.8 Å². The molecule has 14 heavy (non-hydrogen) atoms. The Bertz CT molecular complexity index is 463. The lowest BCUT2D eigenvalue weighted by Crippen LogP contribution is -1.89. The standard InChI is InChI=1S/C12H12ClN/c1-8(2)10-4-3-9-7-14-6-5-11(9)12(10)13/h3-8H,1-2H3. The number of hydrogen-bond donors (Lipinski definition) is 0. The fraction of sp³-hybridized carbons (Fsp3) is 0.250. The maximum atomic E-state index is 6.31. The van der Waals surface area contributed by atoms with Crippen LogP contribution in [-0.4, -0.2) is 4.98 Å². The van der Waals surface area contributed by atoms with E-state index in [-0.39, 0.29) is 0 Å². The van der Waals surface area contributed by atoms with E-state index in [1.807, 2.05) is 12.3 Å². The van der Waals surface area contributed by atoms with E-state index in [1.54, 1.807) is 6.20 Å². The maximum Gasteiger partial charge on any atom is 0.0520 e. The Morgan fingerprint density at radius 3 is 2.71 bits per heavy atom. The molecular formula is C12H12ClN. The summed E-state index contributed by atoms with van der Waals surface area (Å²) in [7, 11) is 0. The highest BCUT2D eigenvalue weighted by atomic mass is 35.5. The van der Waals surface area contributed by atoms with Crippen LogP contribution >= 0.6 is 11.6 Å². The number of pyridine rings is 1. The smallest absolute Gasteiger partial charge is 0.0520 e. The fourth-order valence-electron chi connectivity index (χ4n) is 1.59. The summed E-state index contributed by atoms with van der Waals surface area (Å²) < 4.78 is 0. The van der Waals surface area contributed by atoms with Gasteiger partial charge in [-0.2, -0.15) is 0 Å². The summed E-state index contributed by atoms with van der Waals surface area (Å²) in [6.07, 6.45) is 3.61. The Hall–Kier alpha value is -1.08. The van der Waals surface area contributed by atoms with Crippen LogP contribution in [0, 0.1) is 0 Å². The molecule has 0 fully saturated rings. The number of halogens is 1. The topological polar surface area (TPSA) is 12.9 Å². The first-order chi connectivity index (χ1) is 6.70. The van der Waals surface area contributed by atoms with E-state index in [4.69, 9.17) is 11.6 Å². The number of benzene rings is 1. The van der Waals surface area contributed by atoms with Crippen LogP contribution in [0.1, 0.15) is 25.3 Å². The molecule has 72 valence electrons. The highest BCUT2D eigenvalue weighted by Crippen LogP contribution is 2.30. The molecule has 2 rings (SSSR count). The summed E-state index contributed by atoms with van der Waals surface area (Å²) in [5, 5.41) is 3.05. The Kier molecular flexibility index (Phi) is 2.42. The Morgan fingerprint density at radius 2 is 2.00 bits per heavy atom. The van der Waals surface area contributed by atoms with Gasteiger partial charge in [0.2, 0.25) is 0 Å². The first-order valence-electron chi connectivity index (χ1n) is 4.72. The van der Waals surface area contributed by atoms with Crippen LogP contribution in [-0.2, 0) is 0 Å². The highest BCUT2D eigenvalue weighted by Gasteiger charge is 2.07. The van der Waals surface area contributed by atoms with Gasteiger partial charge in [-0.3, -0.25) is 4.98 Å². The predicted molar refractivity (Wildman–Crippen MR) is 60.8 cm³/mol. The first kappa shape index (κ1) is 9.47. The number of rotatable bonds is 1. The number of aromatic nitrogens is 1. The van der Waals surface area contributed by atoms with Gasteiger partial charge < -0.3 is 0 Å². The summed E-state index contributed by atoms with van der Waals surface area (Å²) in [6.45, 7) is 4.29. The SMILES string of the molecule is CC(C)c1ccc2cnccc2c1Cl. The van der Waals surface area contributed by atoms with Gasteiger partial charge in [0.1, 0.15) is 0 Å². The number of fused-ring (bicyclic) bond motifs is 1. The van der Waals surface area contributed by atoms with E-state index in [0.29, 0.717) is 5.92 Å². The van der Waals surface area contributed by atoms with Crippen molar-refractivity contribution in [2.75, 3.05) is 0 Å². The summed E-state index contributed by atoms with van der Waals surface area (Å²) >= 11 is 6.31. The third-order valence-electron chi connectivity index (χ3n) is 2.41. The van der Waals surface area contributed by atoms with Gasteiger partial charge in [0.25, 0.3) is 0 Å². The van der Waals surface area contributed by atoms with Crippen molar-refractivity contribution in [2.24, 2.45) is 0 Å². The van der Waals surface area contributed by atoms with Crippen molar-refractivity contribution >= 4 is 22.4 Å². The zero-order valence-electron chi connectivity index (χ0n) is 8.29. The Balaban J connectivity index is 2.75. The Labute approximate surface area is 88.7 Å². The lowest BCUT2D eigenvalue weighted by molar-refractivity contribution is 0.869. The molecule has 0 amide bonds. The van der Waals surface area contributed by atoms with Crippen LogP contribution in [0.15, 0.2) is 30.6 Å². The molecule has 0 saturated carbocycles. The van der Waals surface area contributed by atoms with Crippen LogP contribution < -0.4 is 0 Å². The molecule has 0 bridgehead atoms. The van der Waals surface area contributed by atoms with Crippen molar-refractivity contribution in [2.45, 2.75) is 19.8 Å². The second-order valence-electron chi connectivity index (χ2n) is 3.72. The molecule has 1 aromatic heterocycles. The van der Waals surface area contributed by atoms with E-state index in [9.17, 15) is 0 Å². The van der Waals surface area contributed by atoms with Gasteiger partial charge in [0.05, 0.1) is 5.02 Å². The van der Waals surface area contributed by atoms with Crippen molar-refractivity contribution in [1.29, 1.82) is 0 Å². The molecule has 1 heterocycles. The molecule has 0 unspecified atom stereocenters. The van der Waals surface area contributed by atoms with Gasteiger partial charge >= 0.3 is 0 Å². The lowest BCUT2D eigenvalue weighted by atomic mass is 10.00. The minimum atomic E-state index is 0.458. The molecule has 2 aromatic rings. The van der Waals surface area contributed by atoms with Gasteiger partial charge in [-0.1, -0.05) is 37.6 Å². The minimum absolute atomic E-state index is 0.458. The summed E-state index contributed by atoms with van der Waals surface area (Å²) in [4.78, 5) is 4.07. The monoisotopic (exact) mass is 205 g/mol. The van der Waals surface area contributed by atoms with Crippen LogP contribution in [0.4, 0.5) is 0 Å². The normalized spacial score (nSPS) is 11.1. The first-order valence-corrected chi connectivity index (χ1v) is 5.10. The molecule has 1 aromatic carbocycles. The third kappa shape index (κ3) is 1.48. The summed E-state index contributed by atoms with van der Waals surface area (Å²) in [5.74, 6) is 0.458. The predicted octanol–water partition coefficient (Wildman–Crippen LogP) is 4.01. The van der Waals surface area contributed by atoms with Gasteiger partial charge in [0.15, 0.2) is 0 Å². The van der Waals surface area contributed by atoms with E-state index in [2.05, 4.69) is 31.0 Å². The molecule has 2 heteroatoms. The van der Waals surface area contributed by atoms with Crippen molar-refractivity contribution in [3.8, 4) is 0 Å². The molecule has 0 N–H and O–H groups in total. The molecule has 0 aliphatic carbocycles. The minimum Gasteiger partial charge on any atom is -0.264 e. The molecular weight excluding hydrogens is 194 g/mol. The summed E-state index contributed by atoms with van der Waals surface area (Å²) in [5.41, 5.74) is 1.20. The Morgan fingerprint density at radius 1 is 1.21 bits per heavy atom. The summed E-state index contributed by atoms with van der Waals surface area (Å²) in [6, 6.07) is 6.12. The highest BCUT2D eigenvalue weighted by molar-refractivity contribution is 6.36. The largest absolute Gasteiger partial charge is 0.264 e. The molecule has 0 spiro atoms. The van der Waals surface area contributed by atoms with Crippen molar-refractivity contribution in [1.82, 2.24) is 4.98 Å². The van der Waals surface area contributed by atoms with E-state index >= 15 is 0 Å². The second-order valence-corrected chi connectivity index (χ2v) is 4.10. The molecule has 0 saturated heterocycles. The number of hydrogen-bond acceptors (Lipinski definition) is 1. The van der Waals surface area contributed by atoms with Gasteiger partial charge in [-0.15, -0.1) is 0 Å². The van der Waals surface area contributed by atoms with Gasteiger partial charge in [-0.05, 0) is 17.5 Å². The third-order valence-corrected chi connectivity index (χ3v) is 2.83. The van der Waals surface area contributed by atoms with Crippen LogP contribution in [0.25, 0.3) is 10.8 Å². The molecule has 0 radical (unpaired) electrons. The van der Waals surface area contributed by atoms with E-state index < -0.39 is 0 Å².